The summed E-state index contributed by atoms with van der Waals surface area (Å²) in [5.41, 5.74) is 1.08. The highest BCUT2D eigenvalue weighted by atomic mass is 32.2. The van der Waals surface area contributed by atoms with Crippen molar-refractivity contribution >= 4 is 21.8 Å². The molecule has 7 heteroatoms. The van der Waals surface area contributed by atoms with Gasteiger partial charge in [0.05, 0.1) is 11.9 Å². The molecule has 0 saturated carbocycles. The molecule has 0 aliphatic rings. The molecule has 0 spiro atoms. The van der Waals surface area contributed by atoms with Crippen molar-refractivity contribution in [2.75, 3.05) is 5.32 Å². The molecule has 0 heterocycles. The van der Waals surface area contributed by atoms with Crippen LogP contribution in [0.25, 0.3) is 0 Å². The number of anilines is 1. The maximum absolute atomic E-state index is 11.3. The lowest BCUT2D eigenvalue weighted by Gasteiger charge is -2.09. The summed E-state index contributed by atoms with van der Waals surface area (Å²) in [6, 6.07) is 6.33. The van der Waals surface area contributed by atoms with Gasteiger partial charge in [-0.05, 0) is 31.5 Å². The van der Waals surface area contributed by atoms with Gasteiger partial charge in [0.2, 0.25) is 10.0 Å². The maximum Gasteiger partial charge on any atom is 0.411 e. The number of hydrogen-bond acceptors (Lipinski definition) is 4. The summed E-state index contributed by atoms with van der Waals surface area (Å²) in [6.45, 7) is 3.49. The van der Waals surface area contributed by atoms with Gasteiger partial charge in [-0.1, -0.05) is 12.1 Å². The molecule has 0 radical (unpaired) electrons. The Labute approximate surface area is 106 Å². The Kier molecular flexibility index (Phi) is 4.69. The smallest absolute Gasteiger partial charge is 0.411 e. The quantitative estimate of drug-likeness (QED) is 0.866. The van der Waals surface area contributed by atoms with Crippen LogP contribution in [-0.4, -0.2) is 20.6 Å². The third-order valence-electron chi connectivity index (χ3n) is 1.91. The van der Waals surface area contributed by atoms with E-state index in [-0.39, 0.29) is 11.9 Å². The van der Waals surface area contributed by atoms with Crippen molar-refractivity contribution < 1.29 is 17.9 Å². The van der Waals surface area contributed by atoms with Gasteiger partial charge < -0.3 is 4.74 Å². The fraction of sp³-hybridized carbons (Fsp3) is 0.364. The summed E-state index contributed by atoms with van der Waals surface area (Å²) in [4.78, 5) is 11.3. The van der Waals surface area contributed by atoms with Crippen LogP contribution >= 0.6 is 0 Å². The largest absolute Gasteiger partial charge is 0.447 e. The number of carbonyl (C=O) groups is 1. The number of rotatable bonds is 4. The number of carbonyl (C=O) groups excluding carboxylic acids is 1. The van der Waals surface area contributed by atoms with Crippen LogP contribution in [0.4, 0.5) is 10.5 Å². The molecule has 0 unspecified atom stereocenters. The van der Waals surface area contributed by atoms with Crippen LogP contribution < -0.4 is 10.5 Å². The van der Waals surface area contributed by atoms with Gasteiger partial charge >= 0.3 is 6.09 Å². The number of primary sulfonamides is 1. The summed E-state index contributed by atoms with van der Waals surface area (Å²) in [7, 11) is -3.54. The Morgan fingerprint density at radius 2 is 1.89 bits per heavy atom. The average molecular weight is 272 g/mol. The Balaban J connectivity index is 2.63. The number of amides is 1. The molecule has 1 aromatic carbocycles. The molecule has 0 aromatic heterocycles. The van der Waals surface area contributed by atoms with Crippen molar-refractivity contribution in [2.45, 2.75) is 25.7 Å². The van der Waals surface area contributed by atoms with Gasteiger partial charge in [-0.15, -0.1) is 0 Å². The van der Waals surface area contributed by atoms with Crippen LogP contribution in [0.3, 0.4) is 0 Å². The van der Waals surface area contributed by atoms with E-state index >= 15 is 0 Å². The maximum atomic E-state index is 11.3. The van der Waals surface area contributed by atoms with Gasteiger partial charge in [-0.3, -0.25) is 5.32 Å². The van der Waals surface area contributed by atoms with Gasteiger partial charge in [0.1, 0.15) is 0 Å². The van der Waals surface area contributed by atoms with E-state index in [4.69, 9.17) is 9.88 Å². The number of sulfonamides is 1. The predicted molar refractivity (Wildman–Crippen MR) is 68.5 cm³/mol. The molecule has 0 aliphatic heterocycles. The number of benzene rings is 1. The van der Waals surface area contributed by atoms with Crippen molar-refractivity contribution in [3.8, 4) is 0 Å². The Morgan fingerprint density at radius 1 is 1.33 bits per heavy atom. The zero-order chi connectivity index (χ0) is 13.8. The number of nitrogens with one attached hydrogen (secondary N) is 1. The van der Waals surface area contributed by atoms with Gasteiger partial charge in [0.15, 0.2) is 0 Å². The zero-order valence-corrected chi connectivity index (χ0v) is 11.0. The minimum atomic E-state index is -3.54. The van der Waals surface area contributed by atoms with Gasteiger partial charge in [-0.2, -0.15) is 0 Å². The summed E-state index contributed by atoms with van der Waals surface area (Å²) < 4.78 is 26.6. The van der Waals surface area contributed by atoms with E-state index < -0.39 is 16.1 Å². The van der Waals surface area contributed by atoms with Crippen LogP contribution in [0.1, 0.15) is 19.4 Å². The molecular formula is C11H16N2O4S. The summed E-state index contributed by atoms with van der Waals surface area (Å²) >= 11 is 0. The Morgan fingerprint density at radius 3 is 2.33 bits per heavy atom. The molecule has 0 aliphatic carbocycles. The fourth-order valence-corrected chi connectivity index (χ4v) is 1.94. The highest BCUT2D eigenvalue weighted by Gasteiger charge is 2.07. The van der Waals surface area contributed by atoms with Crippen molar-refractivity contribution in [1.82, 2.24) is 0 Å². The second-order valence-corrected chi connectivity index (χ2v) is 5.70. The van der Waals surface area contributed by atoms with Gasteiger partial charge in [-0.25, -0.2) is 18.4 Å². The predicted octanol–water partition coefficient (Wildman–Crippen LogP) is 1.43. The van der Waals surface area contributed by atoms with Crippen molar-refractivity contribution in [1.29, 1.82) is 0 Å². The number of ether oxygens (including phenoxy) is 1. The van der Waals surface area contributed by atoms with Gasteiger partial charge in [0, 0.05) is 5.69 Å². The minimum Gasteiger partial charge on any atom is -0.447 e. The van der Waals surface area contributed by atoms with Crippen LogP contribution in [0.5, 0.6) is 0 Å². The van der Waals surface area contributed by atoms with E-state index in [1.807, 2.05) is 0 Å². The highest BCUT2D eigenvalue weighted by molar-refractivity contribution is 7.88. The average Bonchev–Trinajstić information content (AvgIpc) is 2.17. The molecule has 0 bridgehead atoms. The fourth-order valence-electron chi connectivity index (χ4n) is 1.28. The second kappa shape index (κ2) is 5.83. The molecule has 1 amide bonds. The first kappa shape index (κ1) is 14.5. The zero-order valence-electron chi connectivity index (χ0n) is 10.2. The van der Waals surface area contributed by atoms with E-state index in [1.54, 1.807) is 38.1 Å². The van der Waals surface area contributed by atoms with E-state index in [1.165, 1.54) is 0 Å². The van der Waals surface area contributed by atoms with Crippen molar-refractivity contribution in [2.24, 2.45) is 5.14 Å². The number of nitrogens with two attached hydrogens (primary N) is 1. The molecule has 1 rings (SSSR count). The highest BCUT2D eigenvalue weighted by Crippen LogP contribution is 2.11. The first-order chi connectivity index (χ1) is 8.26. The van der Waals surface area contributed by atoms with E-state index in [2.05, 4.69) is 5.32 Å². The van der Waals surface area contributed by atoms with Crippen molar-refractivity contribution in [3.63, 3.8) is 0 Å². The van der Waals surface area contributed by atoms with Gasteiger partial charge in [0.25, 0.3) is 0 Å². The molecule has 0 saturated heterocycles. The summed E-state index contributed by atoms with van der Waals surface area (Å²) in [5, 5.41) is 7.45. The van der Waals surface area contributed by atoms with Crippen LogP contribution in [-0.2, 0) is 20.5 Å². The topological polar surface area (TPSA) is 98.5 Å². The second-order valence-electron chi connectivity index (χ2n) is 4.08. The summed E-state index contributed by atoms with van der Waals surface area (Å²) in [6.07, 6.45) is -0.754. The van der Waals surface area contributed by atoms with Crippen LogP contribution in [0.15, 0.2) is 24.3 Å². The first-order valence-electron chi connectivity index (χ1n) is 5.33. The molecule has 18 heavy (non-hydrogen) atoms. The molecule has 3 N–H and O–H groups in total. The molecule has 6 nitrogen and oxygen atoms in total. The Bertz CT molecular complexity index is 508. The lowest BCUT2D eigenvalue weighted by atomic mass is 10.2. The van der Waals surface area contributed by atoms with E-state index in [0.717, 1.165) is 0 Å². The van der Waals surface area contributed by atoms with E-state index in [0.29, 0.717) is 11.3 Å². The molecule has 0 atom stereocenters. The Hall–Kier alpha value is -1.60. The molecule has 0 fully saturated rings. The SMILES string of the molecule is CC(C)OC(=O)Nc1ccc(CS(N)(=O)=O)cc1. The summed E-state index contributed by atoms with van der Waals surface area (Å²) in [5.74, 6) is -0.232. The first-order valence-corrected chi connectivity index (χ1v) is 7.05. The standard InChI is InChI=1S/C11H16N2O4S/c1-8(2)17-11(14)13-10-5-3-9(4-6-10)7-18(12,15)16/h3-6,8H,7H2,1-2H3,(H,13,14)(H2,12,15,16). The molecule has 1 aromatic rings. The molecular weight excluding hydrogens is 256 g/mol. The third kappa shape index (κ3) is 5.65. The normalized spacial score (nSPS) is 11.3. The van der Waals surface area contributed by atoms with E-state index in [9.17, 15) is 13.2 Å². The van der Waals surface area contributed by atoms with Crippen LogP contribution in [0, 0.1) is 0 Å². The number of hydrogen-bond donors (Lipinski definition) is 2. The third-order valence-corrected chi connectivity index (χ3v) is 2.65. The molecule has 100 valence electrons. The minimum absolute atomic E-state index is 0.202. The monoisotopic (exact) mass is 272 g/mol. The lowest BCUT2D eigenvalue weighted by molar-refractivity contribution is 0.130. The van der Waals surface area contributed by atoms with Crippen LogP contribution in [0.2, 0.25) is 0 Å². The van der Waals surface area contributed by atoms with Crippen molar-refractivity contribution in [3.05, 3.63) is 29.8 Å². The lowest BCUT2D eigenvalue weighted by Crippen LogP contribution is -2.18.